The second-order valence-corrected chi connectivity index (χ2v) is 5.43. The number of benzene rings is 1. The van der Waals surface area contributed by atoms with Crippen molar-refractivity contribution in [3.63, 3.8) is 0 Å². The Kier molecular flexibility index (Phi) is 2.41. The number of carbonyl (C=O) groups is 1. The van der Waals surface area contributed by atoms with Gasteiger partial charge in [0, 0.05) is 0 Å². The standard InChI is InChI=1S/C12H13N3O2S/c1-17-7-3-2-4-8-9(7)14-10(18-8)12(5-6-12)15-11(13)16/h2-4H,5-6H2,1H3,(H3,13,15,16). The van der Waals surface area contributed by atoms with Crippen molar-refractivity contribution in [2.75, 3.05) is 7.11 Å². The first-order valence-electron chi connectivity index (χ1n) is 5.66. The van der Waals surface area contributed by atoms with Crippen LogP contribution in [0.3, 0.4) is 0 Å². The zero-order valence-corrected chi connectivity index (χ0v) is 10.7. The zero-order chi connectivity index (χ0) is 12.8. The fourth-order valence-corrected chi connectivity index (χ4v) is 3.23. The minimum absolute atomic E-state index is 0.347. The van der Waals surface area contributed by atoms with E-state index in [4.69, 9.17) is 10.5 Å². The van der Waals surface area contributed by atoms with E-state index in [1.165, 1.54) is 0 Å². The Balaban J connectivity index is 2.06. The third kappa shape index (κ3) is 1.69. The van der Waals surface area contributed by atoms with Gasteiger partial charge in [0.25, 0.3) is 0 Å². The second kappa shape index (κ2) is 3.84. The highest BCUT2D eigenvalue weighted by molar-refractivity contribution is 7.18. The molecule has 1 fully saturated rings. The highest BCUT2D eigenvalue weighted by atomic mass is 32.1. The molecule has 3 N–H and O–H groups in total. The number of nitrogens with one attached hydrogen (secondary N) is 1. The quantitative estimate of drug-likeness (QED) is 0.888. The van der Waals surface area contributed by atoms with Gasteiger partial charge < -0.3 is 15.8 Å². The van der Waals surface area contributed by atoms with Crippen LogP contribution in [0.15, 0.2) is 18.2 Å². The highest BCUT2D eigenvalue weighted by Crippen LogP contribution is 2.48. The van der Waals surface area contributed by atoms with E-state index >= 15 is 0 Å². The molecule has 5 nitrogen and oxygen atoms in total. The number of primary amides is 1. The topological polar surface area (TPSA) is 77.2 Å². The number of thiazole rings is 1. The van der Waals surface area contributed by atoms with E-state index in [1.54, 1.807) is 18.4 Å². The molecule has 1 aromatic heterocycles. The summed E-state index contributed by atoms with van der Waals surface area (Å²) in [5.74, 6) is 0.755. The van der Waals surface area contributed by atoms with E-state index in [9.17, 15) is 4.79 Å². The van der Waals surface area contributed by atoms with E-state index in [2.05, 4.69) is 10.3 Å². The van der Waals surface area contributed by atoms with Crippen molar-refractivity contribution in [1.29, 1.82) is 0 Å². The van der Waals surface area contributed by atoms with Crippen LogP contribution in [0.4, 0.5) is 4.79 Å². The van der Waals surface area contributed by atoms with Gasteiger partial charge in [-0.25, -0.2) is 9.78 Å². The van der Waals surface area contributed by atoms with Gasteiger partial charge in [-0.15, -0.1) is 11.3 Å². The molecule has 1 heterocycles. The van der Waals surface area contributed by atoms with E-state index < -0.39 is 6.03 Å². The van der Waals surface area contributed by atoms with Crippen molar-refractivity contribution in [2.45, 2.75) is 18.4 Å². The first kappa shape index (κ1) is 11.3. The number of amides is 2. The summed E-state index contributed by atoms with van der Waals surface area (Å²) in [5, 5.41) is 3.69. The number of aromatic nitrogens is 1. The molecule has 0 aliphatic heterocycles. The molecule has 18 heavy (non-hydrogen) atoms. The van der Waals surface area contributed by atoms with Gasteiger partial charge in [0.1, 0.15) is 16.3 Å². The van der Waals surface area contributed by atoms with E-state index in [1.807, 2.05) is 18.2 Å². The summed E-state index contributed by atoms with van der Waals surface area (Å²) in [5.41, 5.74) is 5.71. The molecule has 6 heteroatoms. The van der Waals surface area contributed by atoms with Gasteiger partial charge in [0.2, 0.25) is 0 Å². The van der Waals surface area contributed by atoms with Gasteiger partial charge in [-0.05, 0) is 25.0 Å². The maximum atomic E-state index is 11.0. The Morgan fingerprint density at radius 3 is 2.94 bits per heavy atom. The first-order chi connectivity index (χ1) is 8.64. The van der Waals surface area contributed by atoms with Crippen LogP contribution in [0.2, 0.25) is 0 Å². The number of methoxy groups -OCH3 is 1. The van der Waals surface area contributed by atoms with Gasteiger partial charge in [-0.3, -0.25) is 0 Å². The number of urea groups is 1. The van der Waals surface area contributed by atoms with Gasteiger partial charge in [-0.1, -0.05) is 6.07 Å². The summed E-state index contributed by atoms with van der Waals surface area (Å²) < 4.78 is 6.34. The van der Waals surface area contributed by atoms with Gasteiger partial charge in [-0.2, -0.15) is 0 Å². The lowest BCUT2D eigenvalue weighted by molar-refractivity contribution is 0.244. The smallest absolute Gasteiger partial charge is 0.312 e. The summed E-state index contributed by atoms with van der Waals surface area (Å²) >= 11 is 1.58. The molecule has 1 aliphatic rings. The second-order valence-electron chi connectivity index (χ2n) is 4.40. The van der Waals surface area contributed by atoms with Crippen LogP contribution in [0.5, 0.6) is 5.75 Å². The number of ether oxygens (including phenoxy) is 1. The fraction of sp³-hybridized carbons (Fsp3) is 0.333. The van der Waals surface area contributed by atoms with Crippen molar-refractivity contribution in [2.24, 2.45) is 5.73 Å². The minimum Gasteiger partial charge on any atom is -0.494 e. The Morgan fingerprint density at radius 2 is 2.33 bits per heavy atom. The molecule has 2 amide bonds. The molecule has 0 saturated heterocycles. The molecule has 2 aromatic rings. The van der Waals surface area contributed by atoms with Crippen molar-refractivity contribution in [3.8, 4) is 5.75 Å². The Labute approximate surface area is 108 Å². The number of carbonyl (C=O) groups excluding carboxylic acids is 1. The summed E-state index contributed by atoms with van der Waals surface area (Å²) in [6.07, 6.45) is 1.77. The minimum atomic E-state index is -0.501. The van der Waals surface area contributed by atoms with Crippen LogP contribution in [0, 0.1) is 0 Å². The number of rotatable bonds is 3. The molecule has 0 radical (unpaired) electrons. The molecule has 0 unspecified atom stereocenters. The number of hydrogen-bond donors (Lipinski definition) is 2. The largest absolute Gasteiger partial charge is 0.494 e. The molecule has 3 rings (SSSR count). The van der Waals surface area contributed by atoms with Crippen LogP contribution >= 0.6 is 11.3 Å². The lowest BCUT2D eigenvalue weighted by Crippen LogP contribution is -2.38. The molecule has 1 saturated carbocycles. The van der Waals surface area contributed by atoms with Crippen molar-refractivity contribution in [3.05, 3.63) is 23.2 Å². The molecule has 1 aromatic carbocycles. The summed E-state index contributed by atoms with van der Waals surface area (Å²) in [7, 11) is 1.63. The average molecular weight is 263 g/mol. The van der Waals surface area contributed by atoms with Crippen LogP contribution in [0.1, 0.15) is 17.8 Å². The maximum absolute atomic E-state index is 11.0. The van der Waals surface area contributed by atoms with Crippen LogP contribution in [-0.2, 0) is 5.54 Å². The molecule has 94 valence electrons. The summed E-state index contributed by atoms with van der Waals surface area (Å²) in [6.45, 7) is 0. The number of nitrogens with two attached hydrogens (primary N) is 1. The predicted molar refractivity (Wildman–Crippen MR) is 69.8 cm³/mol. The Hall–Kier alpha value is -1.82. The predicted octanol–water partition coefficient (Wildman–Crippen LogP) is 1.96. The van der Waals surface area contributed by atoms with Crippen molar-refractivity contribution in [1.82, 2.24) is 10.3 Å². The third-order valence-corrected chi connectivity index (χ3v) is 4.35. The van der Waals surface area contributed by atoms with Gasteiger partial charge in [0.15, 0.2) is 0 Å². The van der Waals surface area contributed by atoms with Crippen LogP contribution in [0.25, 0.3) is 10.2 Å². The van der Waals surface area contributed by atoms with Gasteiger partial charge in [0.05, 0.1) is 17.3 Å². The fourth-order valence-electron chi connectivity index (χ4n) is 2.05. The van der Waals surface area contributed by atoms with E-state index in [0.717, 1.165) is 33.8 Å². The monoisotopic (exact) mass is 263 g/mol. The maximum Gasteiger partial charge on any atom is 0.312 e. The molecule has 0 bridgehead atoms. The lowest BCUT2D eigenvalue weighted by atomic mass is 10.3. The molecular formula is C12H13N3O2S. The lowest BCUT2D eigenvalue weighted by Gasteiger charge is -2.11. The van der Waals surface area contributed by atoms with Gasteiger partial charge >= 0.3 is 6.03 Å². The zero-order valence-electron chi connectivity index (χ0n) is 9.90. The van der Waals surface area contributed by atoms with E-state index in [-0.39, 0.29) is 5.54 Å². The first-order valence-corrected chi connectivity index (χ1v) is 6.48. The third-order valence-electron chi connectivity index (χ3n) is 3.12. The number of hydrogen-bond acceptors (Lipinski definition) is 4. The SMILES string of the molecule is COc1cccc2sc(C3(NC(N)=O)CC3)nc12. The summed E-state index contributed by atoms with van der Waals surface area (Å²) in [4.78, 5) is 15.6. The normalized spacial score (nSPS) is 16.5. The number of para-hydroxylation sites is 1. The highest BCUT2D eigenvalue weighted by Gasteiger charge is 2.48. The summed E-state index contributed by atoms with van der Waals surface area (Å²) in [6, 6.07) is 5.31. The Bertz CT molecular complexity index is 619. The van der Waals surface area contributed by atoms with Crippen molar-refractivity contribution >= 4 is 27.6 Å². The number of nitrogens with zero attached hydrogens (tertiary/aromatic N) is 1. The Morgan fingerprint density at radius 1 is 1.56 bits per heavy atom. The number of fused-ring (bicyclic) bond motifs is 1. The van der Waals surface area contributed by atoms with Crippen LogP contribution in [-0.4, -0.2) is 18.1 Å². The molecule has 0 spiro atoms. The van der Waals surface area contributed by atoms with Crippen LogP contribution < -0.4 is 15.8 Å². The molecule has 1 aliphatic carbocycles. The average Bonchev–Trinajstić information content (AvgIpc) is 2.97. The van der Waals surface area contributed by atoms with E-state index in [0.29, 0.717) is 0 Å². The van der Waals surface area contributed by atoms with Crippen molar-refractivity contribution < 1.29 is 9.53 Å². The molecular weight excluding hydrogens is 250 g/mol. The molecule has 0 atom stereocenters.